The van der Waals surface area contributed by atoms with Crippen molar-refractivity contribution in [1.82, 2.24) is 0 Å². The summed E-state index contributed by atoms with van der Waals surface area (Å²) in [6.07, 6.45) is 5.95. The first-order chi connectivity index (χ1) is 8.56. The summed E-state index contributed by atoms with van der Waals surface area (Å²) in [6.45, 7) is 3.61. The number of nitrogens with two attached hydrogens (primary N) is 1. The van der Waals surface area contributed by atoms with E-state index in [0.717, 1.165) is 25.7 Å². The second-order valence-corrected chi connectivity index (χ2v) is 4.32. The lowest BCUT2D eigenvalue weighted by atomic mass is 9.99. The number of allylic oxidation sites excluding steroid dienone is 1. The van der Waals surface area contributed by atoms with Gasteiger partial charge in [0.15, 0.2) is 0 Å². The molecule has 0 aliphatic carbocycles. The van der Waals surface area contributed by atoms with E-state index in [-0.39, 0.29) is 5.56 Å². The lowest BCUT2D eigenvalue weighted by Crippen LogP contribution is -2.14. The molecule has 0 aliphatic rings. The zero-order valence-electron chi connectivity index (χ0n) is 10.3. The highest BCUT2D eigenvalue weighted by Crippen LogP contribution is 2.24. The molecule has 1 atom stereocenters. The van der Waals surface area contributed by atoms with Crippen molar-refractivity contribution in [2.75, 3.05) is 0 Å². The van der Waals surface area contributed by atoms with Crippen LogP contribution in [-0.2, 0) is 0 Å². The molecule has 100 valence electrons. The van der Waals surface area contributed by atoms with Crippen LogP contribution >= 0.6 is 0 Å². The average molecular weight is 257 g/mol. The quantitative estimate of drug-likeness (QED) is 0.574. The van der Waals surface area contributed by atoms with E-state index in [0.29, 0.717) is 18.6 Å². The molecule has 18 heavy (non-hydrogen) atoms. The van der Waals surface area contributed by atoms with Crippen LogP contribution in [0, 0.1) is 17.5 Å². The fourth-order valence-corrected chi connectivity index (χ4v) is 1.88. The second-order valence-electron chi connectivity index (χ2n) is 4.32. The van der Waals surface area contributed by atoms with Gasteiger partial charge in [0.1, 0.15) is 17.5 Å². The number of hydrogen-bond acceptors (Lipinski definition) is 1. The van der Waals surface area contributed by atoms with Crippen LogP contribution in [0.1, 0.15) is 43.7 Å². The zero-order valence-corrected chi connectivity index (χ0v) is 10.3. The van der Waals surface area contributed by atoms with Gasteiger partial charge in [0.05, 0.1) is 0 Å². The molecule has 1 rings (SSSR count). The monoisotopic (exact) mass is 257 g/mol. The Balaban J connectivity index is 2.56. The van der Waals surface area contributed by atoms with Crippen molar-refractivity contribution in [1.29, 1.82) is 0 Å². The van der Waals surface area contributed by atoms with Crippen molar-refractivity contribution in [2.45, 2.75) is 38.1 Å². The summed E-state index contributed by atoms with van der Waals surface area (Å²) in [4.78, 5) is 0. The summed E-state index contributed by atoms with van der Waals surface area (Å²) in [5.41, 5.74) is 5.52. The van der Waals surface area contributed by atoms with Gasteiger partial charge in [0, 0.05) is 23.7 Å². The lowest BCUT2D eigenvalue weighted by Gasteiger charge is -2.13. The van der Waals surface area contributed by atoms with Crippen LogP contribution in [0.15, 0.2) is 24.8 Å². The summed E-state index contributed by atoms with van der Waals surface area (Å²) in [6, 6.07) is 0.598. The fourth-order valence-electron chi connectivity index (χ4n) is 1.88. The minimum absolute atomic E-state index is 0.222. The Morgan fingerprint density at radius 2 is 1.72 bits per heavy atom. The molecule has 4 heteroatoms. The van der Waals surface area contributed by atoms with E-state index in [1.54, 1.807) is 0 Å². The van der Waals surface area contributed by atoms with Crippen LogP contribution < -0.4 is 5.73 Å². The minimum Gasteiger partial charge on any atom is -0.324 e. The van der Waals surface area contributed by atoms with Gasteiger partial charge in [-0.05, 0) is 19.3 Å². The summed E-state index contributed by atoms with van der Waals surface area (Å²) in [5, 5.41) is 0. The molecule has 0 saturated carbocycles. The van der Waals surface area contributed by atoms with Crippen molar-refractivity contribution in [3.8, 4) is 0 Å². The topological polar surface area (TPSA) is 26.0 Å². The highest BCUT2D eigenvalue weighted by molar-refractivity contribution is 5.23. The Hall–Kier alpha value is -1.29. The first kappa shape index (κ1) is 14.8. The highest BCUT2D eigenvalue weighted by atomic mass is 19.1. The van der Waals surface area contributed by atoms with Crippen LogP contribution in [0.4, 0.5) is 13.2 Å². The maximum Gasteiger partial charge on any atom is 0.133 e. The van der Waals surface area contributed by atoms with Gasteiger partial charge < -0.3 is 5.73 Å². The maximum absolute atomic E-state index is 13.4. The third-order valence-corrected chi connectivity index (χ3v) is 2.84. The number of unbranched alkanes of at least 4 members (excludes halogenated alkanes) is 3. The van der Waals surface area contributed by atoms with Crippen LogP contribution in [0.3, 0.4) is 0 Å². The first-order valence-corrected chi connectivity index (χ1v) is 6.07. The Bertz CT molecular complexity index is 381. The Morgan fingerprint density at radius 3 is 2.28 bits per heavy atom. The summed E-state index contributed by atoms with van der Waals surface area (Å²) >= 11 is 0. The van der Waals surface area contributed by atoms with Gasteiger partial charge in [-0.15, -0.1) is 6.58 Å². The molecule has 0 aromatic heterocycles. The zero-order chi connectivity index (χ0) is 13.5. The van der Waals surface area contributed by atoms with Crippen molar-refractivity contribution in [3.63, 3.8) is 0 Å². The van der Waals surface area contributed by atoms with Crippen LogP contribution in [0.25, 0.3) is 0 Å². The standard InChI is InChI=1S/C14H18F3N/c1-2-3-4-5-6-7-13(18)14-11(16)8-10(15)9-12(14)17/h2,8-9,13H,1,3-7,18H2. The van der Waals surface area contributed by atoms with E-state index in [9.17, 15) is 13.2 Å². The van der Waals surface area contributed by atoms with E-state index in [2.05, 4.69) is 6.58 Å². The molecular weight excluding hydrogens is 239 g/mol. The van der Waals surface area contributed by atoms with Crippen molar-refractivity contribution >= 4 is 0 Å². The van der Waals surface area contributed by atoms with E-state index in [4.69, 9.17) is 5.73 Å². The molecule has 2 N–H and O–H groups in total. The Kier molecular flexibility index (Phi) is 5.92. The predicted octanol–water partition coefficient (Wildman–Crippen LogP) is 4.24. The summed E-state index contributed by atoms with van der Waals surface area (Å²) in [5.74, 6) is -2.75. The molecule has 1 unspecified atom stereocenters. The molecule has 0 aliphatic heterocycles. The molecule has 1 nitrogen and oxygen atoms in total. The Morgan fingerprint density at radius 1 is 1.11 bits per heavy atom. The Labute approximate surface area is 105 Å². The van der Waals surface area contributed by atoms with E-state index >= 15 is 0 Å². The van der Waals surface area contributed by atoms with E-state index in [1.165, 1.54) is 0 Å². The molecule has 0 spiro atoms. The normalized spacial score (nSPS) is 12.4. The lowest BCUT2D eigenvalue weighted by molar-refractivity contribution is 0.481. The smallest absolute Gasteiger partial charge is 0.133 e. The van der Waals surface area contributed by atoms with Gasteiger partial charge in [-0.2, -0.15) is 0 Å². The van der Waals surface area contributed by atoms with Crippen molar-refractivity contribution in [3.05, 3.63) is 47.8 Å². The molecule has 0 saturated heterocycles. The number of halogens is 3. The van der Waals surface area contributed by atoms with E-state index < -0.39 is 23.5 Å². The van der Waals surface area contributed by atoms with Gasteiger partial charge in [0.25, 0.3) is 0 Å². The van der Waals surface area contributed by atoms with Crippen molar-refractivity contribution in [2.24, 2.45) is 5.73 Å². The highest BCUT2D eigenvalue weighted by Gasteiger charge is 2.17. The van der Waals surface area contributed by atoms with E-state index in [1.807, 2.05) is 6.08 Å². The third-order valence-electron chi connectivity index (χ3n) is 2.84. The van der Waals surface area contributed by atoms with Crippen LogP contribution in [-0.4, -0.2) is 0 Å². The number of hydrogen-bond donors (Lipinski definition) is 1. The van der Waals surface area contributed by atoms with Gasteiger partial charge in [-0.3, -0.25) is 0 Å². The van der Waals surface area contributed by atoms with Crippen molar-refractivity contribution < 1.29 is 13.2 Å². The SMILES string of the molecule is C=CCCCCCC(N)c1c(F)cc(F)cc1F. The molecule has 1 aromatic carbocycles. The molecule has 1 aromatic rings. The van der Waals surface area contributed by atoms with Crippen LogP contribution in [0.5, 0.6) is 0 Å². The molecule has 0 bridgehead atoms. The second kappa shape index (κ2) is 7.21. The summed E-state index contributed by atoms with van der Waals surface area (Å²) in [7, 11) is 0. The predicted molar refractivity (Wildman–Crippen MR) is 66.5 cm³/mol. The largest absolute Gasteiger partial charge is 0.324 e. The minimum atomic E-state index is -0.924. The molecule has 0 radical (unpaired) electrons. The summed E-state index contributed by atoms with van der Waals surface area (Å²) < 4.78 is 39.6. The average Bonchev–Trinajstić information content (AvgIpc) is 2.27. The number of benzene rings is 1. The van der Waals surface area contributed by atoms with Gasteiger partial charge in [-0.1, -0.05) is 18.9 Å². The van der Waals surface area contributed by atoms with Gasteiger partial charge in [-0.25, -0.2) is 13.2 Å². The molecular formula is C14H18F3N. The molecule has 0 amide bonds. The van der Waals surface area contributed by atoms with Gasteiger partial charge in [0.2, 0.25) is 0 Å². The number of rotatable bonds is 7. The first-order valence-electron chi connectivity index (χ1n) is 6.07. The fraction of sp³-hybridized carbons (Fsp3) is 0.429. The molecule has 0 fully saturated rings. The maximum atomic E-state index is 13.4. The third kappa shape index (κ3) is 4.18. The molecule has 0 heterocycles. The van der Waals surface area contributed by atoms with Gasteiger partial charge >= 0.3 is 0 Å². The van der Waals surface area contributed by atoms with Crippen LogP contribution in [0.2, 0.25) is 0 Å².